The zero-order valence-electron chi connectivity index (χ0n) is 13.6. The summed E-state index contributed by atoms with van der Waals surface area (Å²) >= 11 is 0. The van der Waals surface area contributed by atoms with Gasteiger partial charge in [-0.05, 0) is 32.0 Å². The molecule has 0 aliphatic rings. The minimum Gasteiger partial charge on any atom is -0.491 e. The van der Waals surface area contributed by atoms with Crippen molar-refractivity contribution < 1.29 is 33.3 Å². The number of ether oxygens (including phenoxy) is 2. The SMILES string of the molecule is CCOP(=O)(Cc1cc(OCCO)ccc1OCCO)OCC. The largest absolute Gasteiger partial charge is 0.491 e. The topological polar surface area (TPSA) is 94.5 Å². The molecule has 0 unspecified atom stereocenters. The Morgan fingerprint density at radius 3 is 2.17 bits per heavy atom. The van der Waals surface area contributed by atoms with Gasteiger partial charge in [0, 0.05) is 5.56 Å². The molecule has 8 heteroatoms. The van der Waals surface area contributed by atoms with Crippen molar-refractivity contribution in [2.24, 2.45) is 0 Å². The van der Waals surface area contributed by atoms with Gasteiger partial charge in [-0.3, -0.25) is 4.57 Å². The van der Waals surface area contributed by atoms with E-state index in [2.05, 4.69) is 0 Å². The minimum atomic E-state index is -3.29. The third kappa shape index (κ3) is 6.89. The maximum atomic E-state index is 12.7. The average Bonchev–Trinajstić information content (AvgIpc) is 2.52. The van der Waals surface area contributed by atoms with Crippen molar-refractivity contribution >= 4 is 7.60 Å². The maximum absolute atomic E-state index is 12.7. The van der Waals surface area contributed by atoms with Crippen LogP contribution in [0.2, 0.25) is 0 Å². The third-order valence-electron chi connectivity index (χ3n) is 2.76. The summed E-state index contributed by atoms with van der Waals surface area (Å²) in [5.74, 6) is 1.000. The molecule has 0 aliphatic heterocycles. The molecule has 132 valence electrons. The van der Waals surface area contributed by atoms with Crippen LogP contribution in [0.25, 0.3) is 0 Å². The monoisotopic (exact) mass is 348 g/mol. The Morgan fingerprint density at radius 2 is 1.61 bits per heavy atom. The first-order valence-electron chi connectivity index (χ1n) is 7.57. The van der Waals surface area contributed by atoms with Crippen LogP contribution in [0.3, 0.4) is 0 Å². The number of hydrogen-bond donors (Lipinski definition) is 2. The number of hydrogen-bond acceptors (Lipinski definition) is 7. The molecule has 0 bridgehead atoms. The van der Waals surface area contributed by atoms with Crippen molar-refractivity contribution in [3.63, 3.8) is 0 Å². The molecule has 1 aromatic rings. The summed E-state index contributed by atoms with van der Waals surface area (Å²) in [6, 6.07) is 5.02. The van der Waals surface area contributed by atoms with Crippen molar-refractivity contribution in [2.75, 3.05) is 39.6 Å². The van der Waals surface area contributed by atoms with Crippen LogP contribution in [0.4, 0.5) is 0 Å². The van der Waals surface area contributed by atoms with Gasteiger partial charge >= 0.3 is 7.60 Å². The third-order valence-corrected chi connectivity index (χ3v) is 4.79. The standard InChI is InChI=1S/C15H25O7P/c1-3-21-23(18,22-4-2)12-13-11-14(19-9-7-16)5-6-15(13)20-10-8-17/h5-6,11,16-17H,3-4,7-10,12H2,1-2H3. The van der Waals surface area contributed by atoms with E-state index in [-0.39, 0.29) is 45.8 Å². The summed E-state index contributed by atoms with van der Waals surface area (Å²) in [7, 11) is -3.29. The van der Waals surface area contributed by atoms with Crippen molar-refractivity contribution in [2.45, 2.75) is 20.0 Å². The lowest BCUT2D eigenvalue weighted by Gasteiger charge is -2.19. The summed E-state index contributed by atoms with van der Waals surface area (Å²) in [6.45, 7) is 4.08. The van der Waals surface area contributed by atoms with Crippen LogP contribution in [0, 0.1) is 0 Å². The van der Waals surface area contributed by atoms with Gasteiger partial charge in [0.2, 0.25) is 0 Å². The molecular formula is C15H25O7P. The van der Waals surface area contributed by atoms with Gasteiger partial charge in [0.25, 0.3) is 0 Å². The average molecular weight is 348 g/mol. The summed E-state index contributed by atoms with van der Waals surface area (Å²) in [4.78, 5) is 0. The predicted molar refractivity (Wildman–Crippen MR) is 86.2 cm³/mol. The zero-order valence-corrected chi connectivity index (χ0v) is 14.5. The highest BCUT2D eigenvalue weighted by molar-refractivity contribution is 7.53. The summed E-state index contributed by atoms with van der Waals surface area (Å²) in [5, 5.41) is 17.7. The Bertz CT molecular complexity index is 497. The molecular weight excluding hydrogens is 323 g/mol. The zero-order chi connectivity index (χ0) is 17.1. The highest BCUT2D eigenvalue weighted by Crippen LogP contribution is 2.52. The van der Waals surface area contributed by atoms with E-state index >= 15 is 0 Å². The number of rotatable bonds is 12. The van der Waals surface area contributed by atoms with E-state index in [0.29, 0.717) is 17.1 Å². The lowest BCUT2D eigenvalue weighted by Crippen LogP contribution is -2.07. The smallest absolute Gasteiger partial charge is 0.335 e. The van der Waals surface area contributed by atoms with Crippen molar-refractivity contribution in [1.29, 1.82) is 0 Å². The number of benzene rings is 1. The minimum absolute atomic E-state index is 0.0335. The second-order valence-corrected chi connectivity index (χ2v) is 6.57. The van der Waals surface area contributed by atoms with Gasteiger partial charge in [0.1, 0.15) is 24.7 Å². The Balaban J connectivity index is 3.03. The summed E-state index contributed by atoms with van der Waals surface area (Å²) in [5.41, 5.74) is 0.596. The lowest BCUT2D eigenvalue weighted by molar-refractivity contribution is 0.196. The van der Waals surface area contributed by atoms with E-state index in [0.717, 1.165) is 0 Å². The van der Waals surface area contributed by atoms with E-state index in [4.69, 9.17) is 28.7 Å². The van der Waals surface area contributed by atoms with Crippen LogP contribution in [0.15, 0.2) is 18.2 Å². The van der Waals surface area contributed by atoms with Gasteiger partial charge in [-0.25, -0.2) is 0 Å². The molecule has 0 atom stereocenters. The highest BCUT2D eigenvalue weighted by Gasteiger charge is 2.26. The van der Waals surface area contributed by atoms with Gasteiger partial charge in [0.05, 0.1) is 32.6 Å². The molecule has 0 spiro atoms. The molecule has 0 amide bonds. The second-order valence-electron chi connectivity index (χ2n) is 4.52. The Hall–Kier alpha value is -1.11. The van der Waals surface area contributed by atoms with Crippen LogP contribution in [-0.2, 0) is 19.8 Å². The lowest BCUT2D eigenvalue weighted by atomic mass is 10.2. The van der Waals surface area contributed by atoms with Crippen LogP contribution in [0.5, 0.6) is 11.5 Å². The molecule has 23 heavy (non-hydrogen) atoms. The van der Waals surface area contributed by atoms with Gasteiger partial charge in [-0.15, -0.1) is 0 Å². The molecule has 0 fully saturated rings. The first-order valence-corrected chi connectivity index (χ1v) is 9.29. The molecule has 0 aliphatic carbocycles. The van der Waals surface area contributed by atoms with E-state index < -0.39 is 7.60 Å². The molecule has 7 nitrogen and oxygen atoms in total. The molecule has 0 saturated carbocycles. The Labute approximate surface area is 136 Å². The molecule has 1 aromatic carbocycles. The van der Waals surface area contributed by atoms with Crippen molar-refractivity contribution in [1.82, 2.24) is 0 Å². The van der Waals surface area contributed by atoms with E-state index in [1.807, 2.05) is 0 Å². The quantitative estimate of drug-likeness (QED) is 0.559. The summed E-state index contributed by atoms with van der Waals surface area (Å²) in [6.07, 6.45) is 0.0335. The van der Waals surface area contributed by atoms with E-state index in [1.165, 1.54) is 0 Å². The van der Waals surface area contributed by atoms with E-state index in [9.17, 15) is 4.57 Å². The van der Waals surface area contributed by atoms with Crippen LogP contribution in [0.1, 0.15) is 19.4 Å². The number of aliphatic hydroxyl groups is 2. The van der Waals surface area contributed by atoms with Crippen molar-refractivity contribution in [3.8, 4) is 11.5 Å². The molecule has 1 rings (SSSR count). The molecule has 0 aromatic heterocycles. The van der Waals surface area contributed by atoms with Crippen LogP contribution < -0.4 is 9.47 Å². The fourth-order valence-corrected chi connectivity index (χ4v) is 3.67. The molecule has 0 saturated heterocycles. The number of aliphatic hydroxyl groups excluding tert-OH is 2. The first-order chi connectivity index (χ1) is 11.1. The van der Waals surface area contributed by atoms with Gasteiger partial charge in [-0.2, -0.15) is 0 Å². The fraction of sp³-hybridized carbons (Fsp3) is 0.600. The first kappa shape index (κ1) is 19.9. The fourth-order valence-electron chi connectivity index (χ4n) is 1.96. The second kappa shape index (κ2) is 10.6. The van der Waals surface area contributed by atoms with Gasteiger partial charge < -0.3 is 28.7 Å². The van der Waals surface area contributed by atoms with Crippen LogP contribution >= 0.6 is 7.60 Å². The Morgan fingerprint density at radius 1 is 1.00 bits per heavy atom. The molecule has 0 heterocycles. The normalized spacial score (nSPS) is 11.5. The molecule has 0 radical (unpaired) electrons. The van der Waals surface area contributed by atoms with Crippen molar-refractivity contribution in [3.05, 3.63) is 23.8 Å². The maximum Gasteiger partial charge on any atom is 0.335 e. The highest BCUT2D eigenvalue weighted by atomic mass is 31.2. The molecule has 2 N–H and O–H groups in total. The predicted octanol–water partition coefficient (Wildman–Crippen LogP) is 2.19. The van der Waals surface area contributed by atoms with E-state index in [1.54, 1.807) is 32.0 Å². The van der Waals surface area contributed by atoms with Gasteiger partial charge in [-0.1, -0.05) is 0 Å². The van der Waals surface area contributed by atoms with Gasteiger partial charge in [0.15, 0.2) is 0 Å². The summed E-state index contributed by atoms with van der Waals surface area (Å²) < 4.78 is 34.1. The Kier molecular flexibility index (Phi) is 9.21. The van der Waals surface area contributed by atoms with Crippen LogP contribution in [-0.4, -0.2) is 49.9 Å².